The summed E-state index contributed by atoms with van der Waals surface area (Å²) in [6, 6.07) is 7.08. The molecule has 3 rings (SSSR count). The third kappa shape index (κ3) is 4.34. The molecule has 0 saturated carbocycles. The van der Waals surface area contributed by atoms with E-state index in [1.54, 1.807) is 27.8 Å². The fourth-order valence-corrected chi connectivity index (χ4v) is 5.26. The van der Waals surface area contributed by atoms with E-state index in [1.807, 2.05) is 19.1 Å². The monoisotopic (exact) mass is 393 g/mol. The number of rotatable bonds is 4. The van der Waals surface area contributed by atoms with E-state index in [1.165, 1.54) is 0 Å². The Labute approximate surface area is 160 Å². The summed E-state index contributed by atoms with van der Waals surface area (Å²) in [5.74, 6) is 0. The van der Waals surface area contributed by atoms with Crippen LogP contribution in [0.2, 0.25) is 0 Å². The molecule has 1 aromatic carbocycles. The lowest BCUT2D eigenvalue weighted by Crippen LogP contribution is -2.48. The van der Waals surface area contributed by atoms with Crippen molar-refractivity contribution in [1.82, 2.24) is 14.2 Å². The Morgan fingerprint density at radius 3 is 2.23 bits per heavy atom. The number of thiazole rings is 1. The fraction of sp³-hybridized carbons (Fsp3) is 0.526. The van der Waals surface area contributed by atoms with E-state index < -0.39 is 10.0 Å². The van der Waals surface area contributed by atoms with Gasteiger partial charge in [-0.25, -0.2) is 13.4 Å². The molecule has 0 unspecified atom stereocenters. The van der Waals surface area contributed by atoms with Gasteiger partial charge in [0.2, 0.25) is 10.0 Å². The number of hydrogen-bond acceptors (Lipinski definition) is 5. The fourth-order valence-electron chi connectivity index (χ4n) is 2.94. The standard InChI is InChI=1S/C19H27N3O2S2/c1-15-5-7-17(8-6-15)26(23,24)22-11-9-21(10-12-22)13-16-14-25-18(20-16)19(2,3)4/h5-8,14H,9-13H2,1-4H3. The number of piperazine rings is 1. The van der Waals surface area contributed by atoms with Crippen LogP contribution in [-0.2, 0) is 22.0 Å². The second kappa shape index (κ2) is 7.38. The van der Waals surface area contributed by atoms with Crippen LogP contribution >= 0.6 is 11.3 Å². The topological polar surface area (TPSA) is 53.5 Å². The molecule has 0 atom stereocenters. The molecule has 1 fully saturated rings. The summed E-state index contributed by atoms with van der Waals surface area (Å²) in [5.41, 5.74) is 2.21. The summed E-state index contributed by atoms with van der Waals surface area (Å²) in [7, 11) is -3.40. The van der Waals surface area contributed by atoms with Gasteiger partial charge in [-0.3, -0.25) is 4.90 Å². The highest BCUT2D eigenvalue weighted by Crippen LogP contribution is 2.26. The Bertz CT molecular complexity index is 844. The Kier molecular flexibility index (Phi) is 5.53. The van der Waals surface area contributed by atoms with Crippen molar-refractivity contribution in [2.75, 3.05) is 26.2 Å². The third-order valence-corrected chi connectivity index (χ3v) is 7.80. The molecule has 2 heterocycles. The lowest BCUT2D eigenvalue weighted by Gasteiger charge is -2.33. The van der Waals surface area contributed by atoms with E-state index in [4.69, 9.17) is 4.98 Å². The zero-order valence-electron chi connectivity index (χ0n) is 15.9. The molecule has 0 amide bonds. The second-order valence-electron chi connectivity index (χ2n) is 7.89. The SMILES string of the molecule is Cc1ccc(S(=O)(=O)N2CCN(Cc3csc(C(C)(C)C)n3)CC2)cc1. The van der Waals surface area contributed by atoms with Gasteiger partial charge in [-0.1, -0.05) is 38.5 Å². The summed E-state index contributed by atoms with van der Waals surface area (Å²) in [6.07, 6.45) is 0. The molecular weight excluding hydrogens is 366 g/mol. The van der Waals surface area contributed by atoms with E-state index >= 15 is 0 Å². The van der Waals surface area contributed by atoms with Crippen LogP contribution in [0.5, 0.6) is 0 Å². The lowest BCUT2D eigenvalue weighted by molar-refractivity contribution is 0.180. The maximum absolute atomic E-state index is 12.8. The zero-order valence-corrected chi connectivity index (χ0v) is 17.5. The van der Waals surface area contributed by atoms with Crippen molar-refractivity contribution in [2.24, 2.45) is 0 Å². The molecule has 1 aromatic heterocycles. The summed E-state index contributed by atoms with van der Waals surface area (Å²) < 4.78 is 27.1. The molecule has 0 radical (unpaired) electrons. The molecule has 2 aromatic rings. The van der Waals surface area contributed by atoms with Crippen LogP contribution in [0.25, 0.3) is 0 Å². The van der Waals surface area contributed by atoms with Gasteiger partial charge in [0, 0.05) is 43.5 Å². The van der Waals surface area contributed by atoms with Gasteiger partial charge in [0.25, 0.3) is 0 Å². The highest BCUT2D eigenvalue weighted by molar-refractivity contribution is 7.89. The predicted octanol–water partition coefficient (Wildman–Crippen LogP) is 3.26. The van der Waals surface area contributed by atoms with Crippen molar-refractivity contribution in [1.29, 1.82) is 0 Å². The number of hydrogen-bond donors (Lipinski definition) is 0. The predicted molar refractivity (Wildman–Crippen MR) is 106 cm³/mol. The van der Waals surface area contributed by atoms with Crippen LogP contribution in [0.1, 0.15) is 37.0 Å². The number of benzene rings is 1. The Morgan fingerprint density at radius 1 is 1.08 bits per heavy atom. The normalized spacial score (nSPS) is 17.5. The van der Waals surface area contributed by atoms with Crippen LogP contribution < -0.4 is 0 Å². The Hall–Kier alpha value is -1.28. The van der Waals surface area contributed by atoms with E-state index in [0.717, 1.165) is 35.9 Å². The Morgan fingerprint density at radius 2 is 1.69 bits per heavy atom. The maximum Gasteiger partial charge on any atom is 0.243 e. The molecule has 0 spiro atoms. The highest BCUT2D eigenvalue weighted by atomic mass is 32.2. The van der Waals surface area contributed by atoms with Crippen LogP contribution in [0, 0.1) is 6.92 Å². The van der Waals surface area contributed by atoms with E-state index in [2.05, 4.69) is 31.1 Å². The lowest BCUT2D eigenvalue weighted by atomic mass is 9.98. The Balaban J connectivity index is 1.60. The van der Waals surface area contributed by atoms with Gasteiger partial charge in [0.1, 0.15) is 0 Å². The van der Waals surface area contributed by atoms with E-state index in [9.17, 15) is 8.42 Å². The van der Waals surface area contributed by atoms with Crippen molar-refractivity contribution in [3.05, 3.63) is 45.9 Å². The molecule has 5 nitrogen and oxygen atoms in total. The second-order valence-corrected chi connectivity index (χ2v) is 10.7. The molecule has 1 aliphatic heterocycles. The third-order valence-electron chi connectivity index (χ3n) is 4.57. The summed E-state index contributed by atoms with van der Waals surface area (Å²) in [5, 5.41) is 3.27. The van der Waals surface area contributed by atoms with Gasteiger partial charge < -0.3 is 0 Å². The van der Waals surface area contributed by atoms with Gasteiger partial charge >= 0.3 is 0 Å². The smallest absolute Gasteiger partial charge is 0.243 e. The van der Waals surface area contributed by atoms with Crippen molar-refractivity contribution in [3.63, 3.8) is 0 Å². The first kappa shape index (κ1) is 19.5. The first-order chi connectivity index (χ1) is 12.2. The molecule has 0 bridgehead atoms. The molecular formula is C19H27N3O2S2. The summed E-state index contributed by atoms with van der Waals surface area (Å²) in [4.78, 5) is 7.41. The molecule has 0 N–H and O–H groups in total. The average Bonchev–Trinajstić information content (AvgIpc) is 3.05. The number of aryl methyl sites for hydroxylation is 1. The minimum Gasteiger partial charge on any atom is -0.295 e. The van der Waals surface area contributed by atoms with Gasteiger partial charge in [0.15, 0.2) is 0 Å². The largest absolute Gasteiger partial charge is 0.295 e. The number of nitrogens with zero attached hydrogens (tertiary/aromatic N) is 3. The molecule has 26 heavy (non-hydrogen) atoms. The first-order valence-corrected chi connectivity index (χ1v) is 11.2. The zero-order chi connectivity index (χ0) is 18.9. The van der Waals surface area contributed by atoms with Crippen molar-refractivity contribution in [2.45, 2.75) is 44.6 Å². The quantitative estimate of drug-likeness (QED) is 0.800. The van der Waals surface area contributed by atoms with Gasteiger partial charge in [-0.2, -0.15) is 4.31 Å². The first-order valence-electron chi connectivity index (χ1n) is 8.90. The van der Waals surface area contributed by atoms with Crippen molar-refractivity contribution >= 4 is 21.4 Å². The minimum absolute atomic E-state index is 0.0731. The minimum atomic E-state index is -3.40. The van der Waals surface area contributed by atoms with Crippen molar-refractivity contribution in [3.8, 4) is 0 Å². The molecule has 7 heteroatoms. The van der Waals surface area contributed by atoms with Crippen LogP contribution in [-0.4, -0.2) is 48.8 Å². The molecule has 142 valence electrons. The van der Waals surface area contributed by atoms with E-state index in [0.29, 0.717) is 18.0 Å². The van der Waals surface area contributed by atoms with E-state index in [-0.39, 0.29) is 5.41 Å². The molecule has 1 aliphatic rings. The van der Waals surface area contributed by atoms with Crippen LogP contribution in [0.4, 0.5) is 0 Å². The van der Waals surface area contributed by atoms with Crippen LogP contribution in [0.3, 0.4) is 0 Å². The number of aromatic nitrogens is 1. The number of sulfonamides is 1. The van der Waals surface area contributed by atoms with Gasteiger partial charge in [-0.15, -0.1) is 11.3 Å². The molecule has 0 aliphatic carbocycles. The van der Waals surface area contributed by atoms with Crippen LogP contribution in [0.15, 0.2) is 34.5 Å². The summed E-state index contributed by atoms with van der Waals surface area (Å²) in [6.45, 7) is 11.8. The molecule has 1 saturated heterocycles. The summed E-state index contributed by atoms with van der Waals surface area (Å²) >= 11 is 1.70. The van der Waals surface area contributed by atoms with Gasteiger partial charge in [-0.05, 0) is 19.1 Å². The average molecular weight is 394 g/mol. The maximum atomic E-state index is 12.8. The van der Waals surface area contributed by atoms with Crippen molar-refractivity contribution < 1.29 is 8.42 Å². The van der Waals surface area contributed by atoms with Gasteiger partial charge in [0.05, 0.1) is 15.6 Å². The highest BCUT2D eigenvalue weighted by Gasteiger charge is 2.28.